The molecular weight excluding hydrogens is 544 g/mol. The molecule has 8 aromatic carbocycles. The Hall–Kier alpha value is -5.92. The summed E-state index contributed by atoms with van der Waals surface area (Å²) in [4.78, 5) is 0. The van der Waals surface area contributed by atoms with Crippen LogP contribution in [0.1, 0.15) is 0 Å². The van der Waals surface area contributed by atoms with Gasteiger partial charge < -0.3 is 4.42 Å². The van der Waals surface area contributed by atoms with Crippen molar-refractivity contribution in [3.05, 3.63) is 170 Å². The van der Waals surface area contributed by atoms with Gasteiger partial charge >= 0.3 is 0 Å². The van der Waals surface area contributed by atoms with E-state index in [9.17, 15) is 0 Å². The van der Waals surface area contributed by atoms with Crippen molar-refractivity contribution in [1.29, 1.82) is 0 Å². The highest BCUT2D eigenvalue weighted by Crippen LogP contribution is 2.46. The second kappa shape index (κ2) is 10.4. The summed E-state index contributed by atoms with van der Waals surface area (Å²) in [6.45, 7) is 0. The van der Waals surface area contributed by atoms with Crippen LogP contribution in [-0.4, -0.2) is 0 Å². The van der Waals surface area contributed by atoms with Gasteiger partial charge in [-0.2, -0.15) is 0 Å². The number of hydrogen-bond donors (Lipinski definition) is 0. The first-order valence-corrected chi connectivity index (χ1v) is 15.4. The van der Waals surface area contributed by atoms with E-state index in [4.69, 9.17) is 4.42 Å². The summed E-state index contributed by atoms with van der Waals surface area (Å²) < 4.78 is 6.18. The molecule has 0 N–H and O–H groups in total. The zero-order valence-corrected chi connectivity index (χ0v) is 24.6. The molecule has 45 heavy (non-hydrogen) atoms. The largest absolute Gasteiger partial charge is 0.456 e. The number of fused-ring (bicyclic) bond motifs is 5. The minimum absolute atomic E-state index is 0.914. The van der Waals surface area contributed by atoms with Crippen molar-refractivity contribution in [2.24, 2.45) is 0 Å². The van der Waals surface area contributed by atoms with E-state index in [0.717, 1.165) is 21.9 Å². The van der Waals surface area contributed by atoms with Crippen LogP contribution < -0.4 is 0 Å². The summed E-state index contributed by atoms with van der Waals surface area (Å²) in [5, 5.41) is 7.26. The Kier molecular flexibility index (Phi) is 5.89. The Morgan fingerprint density at radius 3 is 1.31 bits per heavy atom. The lowest BCUT2D eigenvalue weighted by molar-refractivity contribution is 0.669. The fraction of sp³-hybridized carbons (Fsp3) is 0. The number of hydrogen-bond acceptors (Lipinski definition) is 1. The van der Waals surface area contributed by atoms with Crippen molar-refractivity contribution in [2.75, 3.05) is 0 Å². The Balaban J connectivity index is 1.34. The van der Waals surface area contributed by atoms with Crippen molar-refractivity contribution in [1.82, 2.24) is 0 Å². The van der Waals surface area contributed by atoms with Gasteiger partial charge in [0, 0.05) is 10.8 Å². The van der Waals surface area contributed by atoms with Gasteiger partial charge in [-0.3, -0.25) is 0 Å². The van der Waals surface area contributed by atoms with E-state index >= 15 is 0 Å². The smallest absolute Gasteiger partial charge is 0.135 e. The van der Waals surface area contributed by atoms with Crippen LogP contribution >= 0.6 is 0 Å². The first kappa shape index (κ1) is 25.6. The predicted molar refractivity (Wildman–Crippen MR) is 190 cm³/mol. The zero-order valence-electron chi connectivity index (χ0n) is 24.6. The van der Waals surface area contributed by atoms with Crippen molar-refractivity contribution in [3.63, 3.8) is 0 Å². The molecule has 0 radical (unpaired) electrons. The lowest BCUT2D eigenvalue weighted by Crippen LogP contribution is -1.92. The summed E-state index contributed by atoms with van der Waals surface area (Å²) in [7, 11) is 0. The minimum Gasteiger partial charge on any atom is -0.456 e. The lowest BCUT2D eigenvalue weighted by atomic mass is 9.84. The molecule has 1 heterocycles. The summed E-state index contributed by atoms with van der Waals surface area (Å²) in [6, 6.07) is 61.1. The van der Waals surface area contributed by atoms with Crippen LogP contribution in [0.2, 0.25) is 0 Å². The van der Waals surface area contributed by atoms with Gasteiger partial charge in [0.15, 0.2) is 0 Å². The molecule has 0 saturated heterocycles. The predicted octanol–water partition coefficient (Wildman–Crippen LogP) is 12.6. The Morgan fingerprint density at radius 2 is 0.711 bits per heavy atom. The molecule has 210 valence electrons. The van der Waals surface area contributed by atoms with E-state index in [2.05, 4.69) is 158 Å². The van der Waals surface area contributed by atoms with Crippen molar-refractivity contribution >= 4 is 43.5 Å². The average Bonchev–Trinajstić information content (AvgIpc) is 3.49. The number of para-hydroxylation sites is 1. The van der Waals surface area contributed by atoms with Crippen LogP contribution in [0.5, 0.6) is 0 Å². The van der Waals surface area contributed by atoms with E-state index in [1.165, 1.54) is 66.1 Å². The van der Waals surface area contributed by atoms with Gasteiger partial charge in [-0.15, -0.1) is 0 Å². The van der Waals surface area contributed by atoms with E-state index in [-0.39, 0.29) is 0 Å². The molecule has 0 aliphatic rings. The monoisotopic (exact) mass is 572 g/mol. The van der Waals surface area contributed by atoms with Gasteiger partial charge in [0.2, 0.25) is 0 Å². The summed E-state index contributed by atoms with van der Waals surface area (Å²) >= 11 is 0. The zero-order chi connectivity index (χ0) is 29.7. The van der Waals surface area contributed by atoms with Gasteiger partial charge in [-0.25, -0.2) is 0 Å². The molecule has 0 atom stereocenters. The van der Waals surface area contributed by atoms with Gasteiger partial charge in [0.1, 0.15) is 11.2 Å². The lowest BCUT2D eigenvalue weighted by Gasteiger charge is -2.19. The molecule has 1 heteroatoms. The third kappa shape index (κ3) is 4.17. The van der Waals surface area contributed by atoms with Gasteiger partial charge in [-0.05, 0) is 90.3 Å². The molecule has 0 spiro atoms. The van der Waals surface area contributed by atoms with Crippen LogP contribution in [-0.2, 0) is 0 Å². The first-order chi connectivity index (χ1) is 22.3. The van der Waals surface area contributed by atoms with E-state index in [0.29, 0.717) is 0 Å². The van der Waals surface area contributed by atoms with E-state index < -0.39 is 0 Å². The average molecular weight is 573 g/mol. The topological polar surface area (TPSA) is 13.1 Å². The second-order valence-electron chi connectivity index (χ2n) is 11.6. The SMILES string of the molecule is c1ccc(-c2ccc(-c3c4ccccc4c(-c4ccc5oc6ccccc6c5c4)c4ccccc34)cc2-c2ccccc2)cc1. The van der Waals surface area contributed by atoms with Crippen LogP contribution in [0.3, 0.4) is 0 Å². The standard InChI is InChI=1S/C44H28O/c1-3-13-29(14-4-1)33-25-23-31(27-39(33)30-15-5-2-6-16-30)43-35-18-7-9-20-37(35)44(38-21-10-8-19-36(38)43)32-24-26-42-40(28-32)34-17-11-12-22-41(34)45-42/h1-28H. The summed E-state index contributed by atoms with van der Waals surface area (Å²) in [6.07, 6.45) is 0. The summed E-state index contributed by atoms with van der Waals surface area (Å²) in [5.41, 5.74) is 11.6. The maximum absolute atomic E-state index is 6.18. The highest BCUT2D eigenvalue weighted by atomic mass is 16.3. The van der Waals surface area contributed by atoms with Gasteiger partial charge in [-0.1, -0.05) is 146 Å². The molecule has 1 aromatic heterocycles. The Morgan fingerprint density at radius 1 is 0.267 bits per heavy atom. The van der Waals surface area contributed by atoms with Crippen LogP contribution in [0.15, 0.2) is 174 Å². The van der Waals surface area contributed by atoms with Crippen molar-refractivity contribution in [2.45, 2.75) is 0 Å². The first-order valence-electron chi connectivity index (χ1n) is 15.4. The molecule has 0 saturated carbocycles. The van der Waals surface area contributed by atoms with Gasteiger partial charge in [0.25, 0.3) is 0 Å². The number of furan rings is 1. The Labute approximate surface area is 261 Å². The molecule has 0 bridgehead atoms. The number of rotatable bonds is 4. The quantitative estimate of drug-likeness (QED) is 0.191. The maximum Gasteiger partial charge on any atom is 0.135 e. The van der Waals surface area contributed by atoms with E-state index in [1.54, 1.807) is 0 Å². The summed E-state index contributed by atoms with van der Waals surface area (Å²) in [5.74, 6) is 0. The molecule has 0 unspecified atom stereocenters. The fourth-order valence-corrected chi connectivity index (χ4v) is 7.06. The van der Waals surface area contributed by atoms with Crippen molar-refractivity contribution in [3.8, 4) is 44.5 Å². The molecular formula is C44H28O. The van der Waals surface area contributed by atoms with Crippen molar-refractivity contribution < 1.29 is 4.42 Å². The molecule has 0 fully saturated rings. The second-order valence-corrected chi connectivity index (χ2v) is 11.6. The van der Waals surface area contributed by atoms with E-state index in [1.807, 2.05) is 12.1 Å². The van der Waals surface area contributed by atoms with Crippen LogP contribution in [0.4, 0.5) is 0 Å². The number of benzene rings is 8. The molecule has 1 nitrogen and oxygen atoms in total. The Bertz CT molecular complexity index is 2460. The molecule has 9 rings (SSSR count). The van der Waals surface area contributed by atoms with Crippen LogP contribution in [0.25, 0.3) is 88.0 Å². The minimum atomic E-state index is 0.914. The maximum atomic E-state index is 6.18. The fourth-order valence-electron chi connectivity index (χ4n) is 7.06. The third-order valence-corrected chi connectivity index (χ3v) is 9.07. The van der Waals surface area contributed by atoms with Crippen LogP contribution in [0, 0.1) is 0 Å². The highest BCUT2D eigenvalue weighted by molar-refractivity contribution is 6.22. The highest BCUT2D eigenvalue weighted by Gasteiger charge is 2.19. The van der Waals surface area contributed by atoms with Gasteiger partial charge in [0.05, 0.1) is 0 Å². The molecule has 0 amide bonds. The normalized spacial score (nSPS) is 11.6. The third-order valence-electron chi connectivity index (χ3n) is 9.07. The molecule has 9 aromatic rings. The molecule has 0 aliphatic carbocycles. The molecule has 0 aliphatic heterocycles.